The Morgan fingerprint density at radius 3 is 2.71 bits per heavy atom. The van der Waals surface area contributed by atoms with Crippen molar-refractivity contribution in [1.82, 2.24) is 0 Å². The van der Waals surface area contributed by atoms with E-state index in [9.17, 15) is 0 Å². The van der Waals surface area contributed by atoms with E-state index in [1.54, 1.807) is 0 Å². The number of hydrogen-bond donors (Lipinski definition) is 0. The summed E-state index contributed by atoms with van der Waals surface area (Å²) >= 11 is 0. The minimum absolute atomic E-state index is 0.353. The first-order chi connectivity index (χ1) is 8.34. The molecule has 17 heavy (non-hydrogen) atoms. The summed E-state index contributed by atoms with van der Waals surface area (Å²) in [5, 5.41) is 0. The van der Waals surface area contributed by atoms with Gasteiger partial charge in [0.25, 0.3) is 0 Å². The maximum Gasteiger partial charge on any atom is 0.0458 e. The van der Waals surface area contributed by atoms with Crippen molar-refractivity contribution in [3.05, 3.63) is 89.4 Å². The van der Waals surface area contributed by atoms with Crippen molar-refractivity contribution in [3.8, 4) is 0 Å². The van der Waals surface area contributed by atoms with Crippen LogP contribution < -0.4 is 0 Å². The van der Waals surface area contributed by atoms with E-state index < -0.39 is 0 Å². The largest absolute Gasteiger partial charge is 0.0726 e. The molecule has 2 radical (unpaired) electrons. The molecular weight excluding hydrogens is 204 g/mol. The second-order valence-electron chi connectivity index (χ2n) is 4.45. The molecule has 3 rings (SSSR count). The van der Waals surface area contributed by atoms with E-state index in [-0.39, 0.29) is 0 Å². The highest BCUT2D eigenvalue weighted by Crippen LogP contribution is 2.37. The second-order valence-corrected chi connectivity index (χ2v) is 4.45. The van der Waals surface area contributed by atoms with E-state index in [0.717, 1.165) is 0 Å². The van der Waals surface area contributed by atoms with Crippen LogP contribution in [-0.2, 0) is 0 Å². The van der Waals surface area contributed by atoms with Crippen molar-refractivity contribution >= 4 is 0 Å². The van der Waals surface area contributed by atoms with Gasteiger partial charge in [-0.15, -0.1) is 0 Å². The van der Waals surface area contributed by atoms with Gasteiger partial charge < -0.3 is 0 Å². The summed E-state index contributed by atoms with van der Waals surface area (Å²) in [5.41, 5.74) is 5.14. The number of allylic oxidation sites excluding steroid dienone is 8. The third-order valence-corrected chi connectivity index (χ3v) is 3.19. The van der Waals surface area contributed by atoms with Gasteiger partial charge in [-0.1, -0.05) is 66.3 Å². The van der Waals surface area contributed by atoms with Gasteiger partial charge in [0.05, 0.1) is 0 Å². The number of rotatable bonds is 1. The number of benzene rings is 1. The van der Waals surface area contributed by atoms with E-state index in [1.165, 1.54) is 22.3 Å². The molecule has 0 bridgehead atoms. The molecule has 0 aliphatic heterocycles. The van der Waals surface area contributed by atoms with Gasteiger partial charge in [0.2, 0.25) is 0 Å². The smallest absolute Gasteiger partial charge is 0.0458 e. The second kappa shape index (κ2) is 4.21. The molecule has 0 nitrogen and oxygen atoms in total. The lowest BCUT2D eigenvalue weighted by Gasteiger charge is -2.14. The third-order valence-electron chi connectivity index (χ3n) is 3.19. The summed E-state index contributed by atoms with van der Waals surface area (Å²) in [6.45, 7) is 2.11. The summed E-state index contributed by atoms with van der Waals surface area (Å²) in [6, 6.07) is 10.6. The van der Waals surface area contributed by atoms with Crippen LogP contribution in [0.3, 0.4) is 0 Å². The molecule has 0 saturated carbocycles. The molecule has 0 spiro atoms. The fourth-order valence-corrected chi connectivity index (χ4v) is 2.41. The lowest BCUT2D eigenvalue weighted by molar-refractivity contribution is 1.03. The number of hydrogen-bond acceptors (Lipinski definition) is 0. The zero-order valence-corrected chi connectivity index (χ0v) is 9.85. The summed E-state index contributed by atoms with van der Waals surface area (Å²) in [4.78, 5) is 0. The highest BCUT2D eigenvalue weighted by atomic mass is 14.2. The highest BCUT2D eigenvalue weighted by Gasteiger charge is 2.21. The van der Waals surface area contributed by atoms with Crippen LogP contribution in [0.15, 0.2) is 77.4 Å². The SMILES string of the molecule is CC1=CC2=C([C]1)C=CC=CC2c1ccccc1. The Kier molecular flexibility index (Phi) is 2.56. The molecule has 0 fully saturated rings. The molecule has 2 aliphatic rings. The summed E-state index contributed by atoms with van der Waals surface area (Å²) < 4.78 is 0. The van der Waals surface area contributed by atoms with Crippen LogP contribution in [0, 0.1) is 6.42 Å². The maximum atomic E-state index is 3.41. The Morgan fingerprint density at radius 1 is 1.06 bits per heavy atom. The van der Waals surface area contributed by atoms with Crippen molar-refractivity contribution in [2.24, 2.45) is 0 Å². The molecule has 1 aromatic rings. The quantitative estimate of drug-likeness (QED) is 0.661. The van der Waals surface area contributed by atoms with Crippen molar-refractivity contribution < 1.29 is 0 Å². The van der Waals surface area contributed by atoms with Crippen LogP contribution >= 0.6 is 0 Å². The first kappa shape index (κ1) is 10.3. The Bertz CT molecular complexity index is 539. The van der Waals surface area contributed by atoms with Gasteiger partial charge >= 0.3 is 0 Å². The molecule has 0 saturated heterocycles. The van der Waals surface area contributed by atoms with E-state index >= 15 is 0 Å². The van der Waals surface area contributed by atoms with E-state index in [2.05, 4.69) is 74.1 Å². The lowest BCUT2D eigenvalue weighted by atomic mass is 9.90. The average molecular weight is 218 g/mol. The van der Waals surface area contributed by atoms with Gasteiger partial charge in [0.15, 0.2) is 0 Å². The van der Waals surface area contributed by atoms with Gasteiger partial charge in [0.1, 0.15) is 0 Å². The Hall–Kier alpha value is -1.82. The van der Waals surface area contributed by atoms with Crippen LogP contribution in [-0.4, -0.2) is 0 Å². The topological polar surface area (TPSA) is 0 Å². The molecular formula is C17H14. The maximum absolute atomic E-state index is 3.41. The Labute approximate surface area is 103 Å². The van der Waals surface area contributed by atoms with Crippen LogP contribution in [0.25, 0.3) is 0 Å². The predicted octanol–water partition coefficient (Wildman–Crippen LogP) is 4.23. The van der Waals surface area contributed by atoms with Crippen LogP contribution in [0.1, 0.15) is 18.4 Å². The predicted molar refractivity (Wildman–Crippen MR) is 71.5 cm³/mol. The minimum atomic E-state index is 0.353. The van der Waals surface area contributed by atoms with Crippen LogP contribution in [0.4, 0.5) is 0 Å². The molecule has 1 atom stereocenters. The van der Waals surface area contributed by atoms with Crippen LogP contribution in [0.2, 0.25) is 0 Å². The summed E-state index contributed by atoms with van der Waals surface area (Å²) in [7, 11) is 0. The minimum Gasteiger partial charge on any atom is -0.0726 e. The fourth-order valence-electron chi connectivity index (χ4n) is 2.41. The fraction of sp³-hybridized carbons (Fsp3) is 0.118. The van der Waals surface area contributed by atoms with Crippen molar-refractivity contribution in [2.45, 2.75) is 12.8 Å². The third kappa shape index (κ3) is 1.91. The molecule has 2 aliphatic carbocycles. The first-order valence-corrected chi connectivity index (χ1v) is 5.94. The van der Waals surface area contributed by atoms with E-state index in [4.69, 9.17) is 0 Å². The Balaban J connectivity index is 2.07. The average Bonchev–Trinajstić information content (AvgIpc) is 2.61. The molecule has 0 heterocycles. The molecule has 1 aromatic carbocycles. The molecule has 0 aromatic heterocycles. The normalized spacial score (nSPS) is 22.4. The standard InChI is InChI=1S/C17H14/c1-13-11-15-9-5-6-10-16(17(15)12-13)14-7-3-2-4-8-14/h2-10,12,16H,1H3. The van der Waals surface area contributed by atoms with Crippen molar-refractivity contribution in [3.63, 3.8) is 0 Å². The molecule has 0 N–H and O–H groups in total. The van der Waals surface area contributed by atoms with E-state index in [1.807, 2.05) is 0 Å². The van der Waals surface area contributed by atoms with Gasteiger partial charge in [-0.05, 0) is 23.6 Å². The van der Waals surface area contributed by atoms with Gasteiger partial charge in [-0.25, -0.2) is 0 Å². The zero-order chi connectivity index (χ0) is 11.7. The van der Waals surface area contributed by atoms with Crippen molar-refractivity contribution in [1.29, 1.82) is 0 Å². The molecule has 0 amide bonds. The molecule has 82 valence electrons. The summed E-state index contributed by atoms with van der Waals surface area (Å²) in [6.07, 6.45) is 14.3. The molecule has 1 unspecified atom stereocenters. The Morgan fingerprint density at radius 2 is 1.88 bits per heavy atom. The van der Waals surface area contributed by atoms with Gasteiger partial charge in [-0.3, -0.25) is 0 Å². The monoisotopic (exact) mass is 218 g/mol. The highest BCUT2D eigenvalue weighted by molar-refractivity contribution is 5.58. The zero-order valence-electron chi connectivity index (χ0n) is 9.85. The van der Waals surface area contributed by atoms with E-state index in [0.29, 0.717) is 5.92 Å². The van der Waals surface area contributed by atoms with Gasteiger partial charge in [0, 0.05) is 12.3 Å². The van der Waals surface area contributed by atoms with Crippen molar-refractivity contribution in [2.75, 3.05) is 0 Å². The van der Waals surface area contributed by atoms with Crippen LogP contribution in [0.5, 0.6) is 0 Å². The lowest BCUT2D eigenvalue weighted by Crippen LogP contribution is -1.97. The first-order valence-electron chi connectivity index (χ1n) is 5.94. The molecule has 0 heteroatoms. The van der Waals surface area contributed by atoms with Gasteiger partial charge in [-0.2, -0.15) is 0 Å². The summed E-state index contributed by atoms with van der Waals surface area (Å²) in [5.74, 6) is 0.353.